The number of carbonyl (C=O) groups excluding carboxylic acids is 1. The minimum Gasteiger partial charge on any atom is -0.446 e. The quantitative estimate of drug-likeness (QED) is 0.404. The number of carbonyl (C=O) groups is 1. The number of hydrogen-bond donors (Lipinski definition) is 3. The van der Waals surface area contributed by atoms with Crippen LogP contribution >= 0.6 is 0 Å². The fourth-order valence-electron chi connectivity index (χ4n) is 4.15. The van der Waals surface area contributed by atoms with Gasteiger partial charge in [-0.05, 0) is 62.3 Å². The lowest BCUT2D eigenvalue weighted by atomic mass is 9.87. The van der Waals surface area contributed by atoms with Gasteiger partial charge < -0.3 is 21.1 Å². The predicted molar refractivity (Wildman–Crippen MR) is 125 cm³/mol. The maximum Gasteiger partial charge on any atom is 0.404 e. The van der Waals surface area contributed by atoms with Gasteiger partial charge in [-0.15, -0.1) is 0 Å². The fourth-order valence-corrected chi connectivity index (χ4v) is 4.15. The number of benzene rings is 1. The van der Waals surface area contributed by atoms with Crippen LogP contribution in [0.4, 0.5) is 26.6 Å². The van der Waals surface area contributed by atoms with Crippen LogP contribution in [0, 0.1) is 11.7 Å². The summed E-state index contributed by atoms with van der Waals surface area (Å²) in [5.74, 6) is 1.29. The van der Waals surface area contributed by atoms with E-state index in [1.54, 1.807) is 18.3 Å². The molecule has 1 aromatic carbocycles. The van der Waals surface area contributed by atoms with Gasteiger partial charge in [-0.1, -0.05) is 13.3 Å². The monoisotopic (exact) mass is 455 g/mol. The van der Waals surface area contributed by atoms with Gasteiger partial charge in [0, 0.05) is 25.0 Å². The molecule has 1 saturated carbocycles. The highest BCUT2D eigenvalue weighted by atomic mass is 19.1. The molecular weight excluding hydrogens is 425 g/mol. The molecule has 1 aliphatic rings. The maximum absolute atomic E-state index is 13.3. The normalized spacial score (nSPS) is 18.2. The third kappa shape index (κ3) is 5.88. The molecule has 1 aliphatic carbocycles. The zero-order valence-corrected chi connectivity index (χ0v) is 18.8. The highest BCUT2D eigenvalue weighted by Gasteiger charge is 2.25. The molecule has 4 N–H and O–H groups in total. The molecule has 1 fully saturated rings. The van der Waals surface area contributed by atoms with Crippen molar-refractivity contribution in [3.8, 4) is 0 Å². The van der Waals surface area contributed by atoms with Crippen molar-refractivity contribution >= 4 is 34.6 Å². The summed E-state index contributed by atoms with van der Waals surface area (Å²) in [6.07, 6.45) is 6.45. The Bertz CT molecular complexity index is 1080. The third-order valence-electron chi connectivity index (χ3n) is 5.92. The van der Waals surface area contributed by atoms with Gasteiger partial charge in [0.2, 0.25) is 5.95 Å². The van der Waals surface area contributed by atoms with Crippen LogP contribution in [0.1, 0.15) is 45.4 Å². The number of hydrogen-bond acceptors (Lipinski definition) is 7. The largest absolute Gasteiger partial charge is 0.446 e. The summed E-state index contributed by atoms with van der Waals surface area (Å²) in [6.45, 7) is 3.63. The third-order valence-corrected chi connectivity index (χ3v) is 5.92. The topological polar surface area (TPSA) is 120 Å². The predicted octanol–water partition coefficient (Wildman–Crippen LogP) is 4.58. The Morgan fingerprint density at radius 3 is 2.70 bits per heavy atom. The van der Waals surface area contributed by atoms with Gasteiger partial charge >= 0.3 is 6.09 Å². The molecule has 0 spiro atoms. The molecule has 176 valence electrons. The molecule has 0 radical (unpaired) electrons. The number of rotatable bonds is 9. The van der Waals surface area contributed by atoms with Crippen molar-refractivity contribution < 1.29 is 13.9 Å². The number of nitrogens with zero attached hydrogens (tertiary/aromatic N) is 4. The zero-order valence-electron chi connectivity index (χ0n) is 18.8. The molecule has 2 heterocycles. The van der Waals surface area contributed by atoms with Gasteiger partial charge in [0.05, 0.1) is 5.39 Å². The number of primary amides is 1. The number of unbranched alkanes of at least 4 members (excludes halogenated alkanes) is 1. The van der Waals surface area contributed by atoms with Gasteiger partial charge in [-0.2, -0.15) is 10.1 Å². The Morgan fingerprint density at radius 1 is 1.24 bits per heavy atom. The highest BCUT2D eigenvalue weighted by molar-refractivity contribution is 5.89. The van der Waals surface area contributed by atoms with E-state index in [1.807, 2.05) is 4.68 Å². The lowest BCUT2D eigenvalue weighted by Crippen LogP contribution is -2.28. The number of nitrogens with two attached hydrogens (primary N) is 1. The number of ether oxygens (including phenoxy) is 1. The number of halogens is 1. The summed E-state index contributed by atoms with van der Waals surface area (Å²) in [7, 11) is 0. The molecule has 0 aliphatic heterocycles. The summed E-state index contributed by atoms with van der Waals surface area (Å²) in [5, 5.41) is 12.1. The lowest BCUT2D eigenvalue weighted by Gasteiger charge is -2.27. The van der Waals surface area contributed by atoms with Crippen LogP contribution < -0.4 is 16.4 Å². The summed E-state index contributed by atoms with van der Waals surface area (Å²) >= 11 is 0. The second kappa shape index (κ2) is 10.5. The van der Waals surface area contributed by atoms with Gasteiger partial charge in [0.25, 0.3) is 0 Å². The minimum atomic E-state index is -0.715. The Hall–Kier alpha value is -3.43. The number of nitrogens with one attached hydrogen (secondary N) is 2. The summed E-state index contributed by atoms with van der Waals surface area (Å²) in [4.78, 5) is 20.2. The Labute approximate surface area is 191 Å². The van der Waals surface area contributed by atoms with E-state index in [0.717, 1.165) is 61.8 Å². The molecule has 2 aromatic heterocycles. The van der Waals surface area contributed by atoms with Crippen molar-refractivity contribution in [1.29, 1.82) is 0 Å². The van der Waals surface area contributed by atoms with E-state index in [-0.39, 0.29) is 11.9 Å². The van der Waals surface area contributed by atoms with Crippen molar-refractivity contribution in [2.24, 2.45) is 11.7 Å². The molecule has 0 atom stereocenters. The average molecular weight is 456 g/mol. The lowest BCUT2D eigenvalue weighted by molar-refractivity contribution is 0.0683. The second-order valence-corrected chi connectivity index (χ2v) is 8.45. The van der Waals surface area contributed by atoms with Crippen LogP contribution in [-0.4, -0.2) is 38.5 Å². The Balaban J connectivity index is 1.55. The minimum absolute atomic E-state index is 0.111. The Kier molecular flexibility index (Phi) is 7.21. The van der Waals surface area contributed by atoms with Crippen LogP contribution in [-0.2, 0) is 11.3 Å². The smallest absolute Gasteiger partial charge is 0.404 e. The van der Waals surface area contributed by atoms with Crippen molar-refractivity contribution in [3.63, 3.8) is 0 Å². The first-order chi connectivity index (χ1) is 16.0. The van der Waals surface area contributed by atoms with Crippen LogP contribution in [0.5, 0.6) is 0 Å². The van der Waals surface area contributed by atoms with Crippen molar-refractivity contribution in [2.75, 3.05) is 17.2 Å². The molecule has 0 bridgehead atoms. The molecular formula is C23H30FN7O2. The van der Waals surface area contributed by atoms with Crippen LogP contribution in [0.2, 0.25) is 0 Å². The maximum atomic E-state index is 13.3. The van der Waals surface area contributed by atoms with E-state index in [0.29, 0.717) is 24.2 Å². The van der Waals surface area contributed by atoms with E-state index in [9.17, 15) is 9.18 Å². The van der Waals surface area contributed by atoms with Gasteiger partial charge in [-0.25, -0.2) is 18.9 Å². The fraction of sp³-hybridized carbons (Fsp3) is 0.478. The van der Waals surface area contributed by atoms with E-state index in [4.69, 9.17) is 20.6 Å². The van der Waals surface area contributed by atoms with Crippen molar-refractivity contribution in [2.45, 2.75) is 58.1 Å². The number of aromatic nitrogens is 4. The summed E-state index contributed by atoms with van der Waals surface area (Å²) < 4.78 is 20.4. The van der Waals surface area contributed by atoms with Crippen LogP contribution in [0.15, 0.2) is 30.5 Å². The average Bonchev–Trinajstić information content (AvgIpc) is 3.13. The Morgan fingerprint density at radius 2 is 2.00 bits per heavy atom. The van der Waals surface area contributed by atoms with Crippen LogP contribution in [0.3, 0.4) is 0 Å². The van der Waals surface area contributed by atoms with E-state index >= 15 is 0 Å². The molecule has 10 heteroatoms. The molecule has 1 amide bonds. The van der Waals surface area contributed by atoms with E-state index in [1.165, 1.54) is 12.1 Å². The molecule has 9 nitrogen and oxygen atoms in total. The second-order valence-electron chi connectivity index (χ2n) is 8.45. The van der Waals surface area contributed by atoms with Gasteiger partial charge in [-0.3, -0.25) is 0 Å². The first-order valence-electron chi connectivity index (χ1n) is 11.5. The van der Waals surface area contributed by atoms with E-state index < -0.39 is 6.09 Å². The first kappa shape index (κ1) is 22.8. The van der Waals surface area contributed by atoms with Crippen LogP contribution in [0.25, 0.3) is 11.0 Å². The zero-order chi connectivity index (χ0) is 23.2. The number of amides is 1. The highest BCUT2D eigenvalue weighted by Crippen LogP contribution is 2.30. The van der Waals surface area contributed by atoms with Gasteiger partial charge in [0.15, 0.2) is 11.5 Å². The standard InChI is InChI=1S/C23H30FN7O2/c1-2-3-12-26-23-27-13-19-20(28-17-8-6-16(24)7-9-17)30-31(21(19)29-23)14-15-4-10-18(11-5-15)33-22(25)32/h6-9,13,15,18H,2-5,10-12,14H2,1H3,(H2,25,32)(H,28,30)(H,26,27,29). The number of anilines is 3. The van der Waals surface area contributed by atoms with Crippen molar-refractivity contribution in [1.82, 2.24) is 19.7 Å². The van der Waals surface area contributed by atoms with Gasteiger partial charge in [0.1, 0.15) is 11.9 Å². The van der Waals surface area contributed by atoms with E-state index in [2.05, 4.69) is 22.5 Å². The first-order valence-corrected chi connectivity index (χ1v) is 11.5. The molecule has 33 heavy (non-hydrogen) atoms. The molecule has 4 rings (SSSR count). The summed E-state index contributed by atoms with van der Waals surface area (Å²) in [6, 6.07) is 6.14. The molecule has 3 aromatic rings. The number of fused-ring (bicyclic) bond motifs is 1. The molecule has 0 saturated heterocycles. The van der Waals surface area contributed by atoms with Crippen molar-refractivity contribution in [3.05, 3.63) is 36.3 Å². The summed E-state index contributed by atoms with van der Waals surface area (Å²) in [5.41, 5.74) is 6.63. The SMILES string of the molecule is CCCCNc1ncc2c(Nc3ccc(F)cc3)nn(CC3CCC(OC(N)=O)CC3)c2n1. The molecule has 0 unspecified atom stereocenters.